The highest BCUT2D eigenvalue weighted by molar-refractivity contribution is 5.55. The van der Waals surface area contributed by atoms with Gasteiger partial charge in [-0.25, -0.2) is 10.1 Å². The number of nitriles is 1. The molecule has 1 aromatic carbocycles. The third-order valence-electron chi connectivity index (χ3n) is 2.48. The molecule has 0 unspecified atom stereocenters. The molecule has 0 saturated heterocycles. The molecule has 0 radical (unpaired) electrons. The number of allylic oxidation sites excluding steroid dienone is 5. The first-order valence-corrected chi connectivity index (χ1v) is 5.63. The van der Waals surface area contributed by atoms with E-state index < -0.39 is 0 Å². The first-order valence-electron chi connectivity index (χ1n) is 5.63. The Kier molecular flexibility index (Phi) is 3.95. The second-order valence-electron chi connectivity index (χ2n) is 3.74. The average molecular weight is 246 g/mol. The summed E-state index contributed by atoms with van der Waals surface area (Å²) in [7, 11) is 0. The summed E-state index contributed by atoms with van der Waals surface area (Å²) >= 11 is 0. The van der Waals surface area contributed by atoms with Crippen molar-refractivity contribution < 1.29 is 4.74 Å². The van der Waals surface area contributed by atoms with Crippen LogP contribution >= 0.6 is 0 Å². The third-order valence-corrected chi connectivity index (χ3v) is 2.48. The van der Waals surface area contributed by atoms with Crippen molar-refractivity contribution in [3.05, 3.63) is 88.8 Å². The van der Waals surface area contributed by atoms with Crippen molar-refractivity contribution in [1.29, 1.82) is 5.26 Å². The van der Waals surface area contributed by atoms with Gasteiger partial charge in [-0.3, -0.25) is 0 Å². The van der Waals surface area contributed by atoms with E-state index in [1.807, 2.05) is 42.5 Å². The van der Waals surface area contributed by atoms with E-state index in [4.69, 9.17) is 16.6 Å². The molecule has 0 bridgehead atoms. The van der Waals surface area contributed by atoms with E-state index in [9.17, 15) is 0 Å². The Morgan fingerprint density at radius 3 is 2.74 bits per heavy atom. The minimum absolute atomic E-state index is 0.0603. The Hall–Kier alpha value is -3.04. The first kappa shape index (κ1) is 12.4. The van der Waals surface area contributed by atoms with Gasteiger partial charge in [0.2, 0.25) is 0 Å². The van der Waals surface area contributed by atoms with Crippen molar-refractivity contribution >= 4 is 6.08 Å². The lowest BCUT2D eigenvalue weighted by Gasteiger charge is -2.07. The molecule has 1 heterocycles. The van der Waals surface area contributed by atoms with Crippen LogP contribution in [-0.2, 0) is 4.74 Å². The molecule has 0 aromatic heterocycles. The van der Waals surface area contributed by atoms with Gasteiger partial charge in [0.25, 0.3) is 5.70 Å². The molecule has 90 valence electrons. The molecule has 0 aliphatic carbocycles. The normalized spacial score (nSPS) is 16.2. The second-order valence-corrected chi connectivity index (χ2v) is 3.74. The predicted octanol–water partition coefficient (Wildman–Crippen LogP) is 3.82. The van der Waals surface area contributed by atoms with Gasteiger partial charge in [0.05, 0.1) is 18.9 Å². The van der Waals surface area contributed by atoms with Gasteiger partial charge in [0.1, 0.15) is 5.76 Å². The summed E-state index contributed by atoms with van der Waals surface area (Å²) in [5, 5.41) is 8.83. The third kappa shape index (κ3) is 3.21. The number of hydrogen-bond donors (Lipinski definition) is 0. The summed E-state index contributed by atoms with van der Waals surface area (Å²) in [6.07, 6.45) is 8.47. The number of benzene rings is 1. The van der Waals surface area contributed by atoms with Crippen LogP contribution in [0.5, 0.6) is 0 Å². The summed E-state index contributed by atoms with van der Waals surface area (Å²) in [6, 6.07) is 11.7. The van der Waals surface area contributed by atoms with Crippen LogP contribution in [-0.4, -0.2) is 0 Å². The van der Waals surface area contributed by atoms with E-state index >= 15 is 0 Å². The highest BCUT2D eigenvalue weighted by atomic mass is 16.5. The molecule has 0 amide bonds. The van der Waals surface area contributed by atoms with Crippen molar-refractivity contribution in [2.24, 2.45) is 0 Å². The molecule has 1 aliphatic heterocycles. The average Bonchev–Trinajstić information content (AvgIpc) is 2.48. The lowest BCUT2D eigenvalue weighted by molar-refractivity contribution is 0.364. The predicted molar refractivity (Wildman–Crippen MR) is 73.0 cm³/mol. The molecule has 3 nitrogen and oxygen atoms in total. The van der Waals surface area contributed by atoms with Crippen LogP contribution in [0.3, 0.4) is 0 Å². The number of rotatable bonds is 2. The van der Waals surface area contributed by atoms with Crippen molar-refractivity contribution in [3.63, 3.8) is 0 Å². The van der Waals surface area contributed by atoms with Crippen LogP contribution in [0.15, 0.2) is 71.9 Å². The van der Waals surface area contributed by atoms with Gasteiger partial charge in [0.15, 0.2) is 0 Å². The Morgan fingerprint density at radius 1 is 1.26 bits per heavy atom. The van der Waals surface area contributed by atoms with E-state index in [-0.39, 0.29) is 5.70 Å². The molecule has 0 atom stereocenters. The fourth-order valence-corrected chi connectivity index (χ4v) is 1.55. The molecule has 1 aromatic rings. The summed E-state index contributed by atoms with van der Waals surface area (Å²) in [6.45, 7) is 6.92. The maximum atomic E-state index is 8.83. The maximum absolute atomic E-state index is 8.83. The zero-order chi connectivity index (χ0) is 13.5. The molecule has 0 N–H and O–H groups in total. The van der Waals surface area contributed by atoms with Gasteiger partial charge in [0, 0.05) is 0 Å². The summed E-state index contributed by atoms with van der Waals surface area (Å²) in [4.78, 5) is 3.18. The highest BCUT2D eigenvalue weighted by Gasteiger charge is 2.06. The standard InChI is InChI=1S/C16H10N2O/c1-18-16(12-17)14-9-10-19-15(11-14)8-7-13-5-3-2-4-6-13/h2-11H/b8-7+,16-14-. The Labute approximate surface area is 111 Å². The van der Waals surface area contributed by atoms with Crippen LogP contribution in [0, 0.1) is 17.9 Å². The Balaban J connectivity index is 2.24. The molecular formula is C16H10N2O. The summed E-state index contributed by atoms with van der Waals surface area (Å²) in [5.74, 6) is 0.595. The lowest BCUT2D eigenvalue weighted by atomic mass is 10.1. The van der Waals surface area contributed by atoms with Crippen molar-refractivity contribution in [2.75, 3.05) is 0 Å². The molecule has 2 rings (SSSR count). The molecule has 0 saturated carbocycles. The quantitative estimate of drug-likeness (QED) is 0.587. The van der Waals surface area contributed by atoms with Gasteiger partial charge in [-0.15, -0.1) is 0 Å². The molecular weight excluding hydrogens is 236 g/mol. The number of hydrogen-bond acceptors (Lipinski definition) is 2. The minimum atomic E-state index is 0.0603. The van der Waals surface area contributed by atoms with Crippen LogP contribution in [0.25, 0.3) is 10.9 Å². The minimum Gasteiger partial charge on any atom is -0.465 e. The maximum Gasteiger partial charge on any atom is 0.269 e. The SMILES string of the molecule is [C-]#[N+]/C(C#N)=C1/C=COC(/C=C/c2ccccc2)=C1. The van der Waals surface area contributed by atoms with Crippen LogP contribution in [0.2, 0.25) is 0 Å². The molecule has 19 heavy (non-hydrogen) atoms. The largest absolute Gasteiger partial charge is 0.465 e. The highest BCUT2D eigenvalue weighted by Crippen LogP contribution is 2.19. The van der Waals surface area contributed by atoms with Crippen LogP contribution in [0.4, 0.5) is 0 Å². The second kappa shape index (κ2) is 6.05. The van der Waals surface area contributed by atoms with Gasteiger partial charge in [-0.05, 0) is 29.4 Å². The molecule has 1 aliphatic rings. The van der Waals surface area contributed by atoms with E-state index in [0.29, 0.717) is 11.3 Å². The topological polar surface area (TPSA) is 37.4 Å². The van der Waals surface area contributed by atoms with E-state index in [0.717, 1.165) is 5.56 Å². The van der Waals surface area contributed by atoms with Gasteiger partial charge < -0.3 is 4.74 Å². The Morgan fingerprint density at radius 2 is 2.05 bits per heavy atom. The number of ether oxygens (including phenoxy) is 1. The molecule has 3 heteroatoms. The fraction of sp³-hybridized carbons (Fsp3) is 0. The first-order chi connectivity index (χ1) is 9.33. The van der Waals surface area contributed by atoms with Crippen LogP contribution in [0.1, 0.15) is 5.56 Å². The van der Waals surface area contributed by atoms with Gasteiger partial charge >= 0.3 is 0 Å². The zero-order valence-electron chi connectivity index (χ0n) is 10.1. The van der Waals surface area contributed by atoms with Crippen molar-refractivity contribution in [1.82, 2.24) is 0 Å². The zero-order valence-corrected chi connectivity index (χ0v) is 10.1. The molecule has 0 spiro atoms. The smallest absolute Gasteiger partial charge is 0.269 e. The lowest BCUT2D eigenvalue weighted by Crippen LogP contribution is -1.91. The van der Waals surface area contributed by atoms with Crippen molar-refractivity contribution in [2.45, 2.75) is 0 Å². The van der Waals surface area contributed by atoms with E-state index in [1.165, 1.54) is 6.26 Å². The monoisotopic (exact) mass is 246 g/mol. The van der Waals surface area contributed by atoms with Gasteiger partial charge in [-0.1, -0.05) is 36.4 Å². The molecule has 0 fully saturated rings. The summed E-state index contributed by atoms with van der Waals surface area (Å²) in [5.41, 5.74) is 1.68. The Bertz CT molecular complexity index is 649. The fourth-order valence-electron chi connectivity index (χ4n) is 1.55. The van der Waals surface area contributed by atoms with Crippen molar-refractivity contribution in [3.8, 4) is 6.07 Å². The van der Waals surface area contributed by atoms with E-state index in [1.54, 1.807) is 18.2 Å². The van der Waals surface area contributed by atoms with Crippen LogP contribution < -0.4 is 0 Å². The van der Waals surface area contributed by atoms with E-state index in [2.05, 4.69) is 4.85 Å². The van der Waals surface area contributed by atoms with Gasteiger partial charge in [-0.2, -0.15) is 0 Å². The summed E-state index contributed by atoms with van der Waals surface area (Å²) < 4.78 is 5.32. The number of nitrogens with zero attached hydrogens (tertiary/aromatic N) is 2.